The van der Waals surface area contributed by atoms with Gasteiger partial charge in [-0.15, -0.1) is 10.2 Å². The van der Waals surface area contributed by atoms with Gasteiger partial charge in [-0.05, 0) is 52.0 Å². The summed E-state index contributed by atoms with van der Waals surface area (Å²) in [5, 5.41) is 9.52. The third-order valence-corrected chi connectivity index (χ3v) is 5.71. The highest BCUT2D eigenvalue weighted by atomic mass is 32.2. The van der Waals surface area contributed by atoms with Gasteiger partial charge in [-0.1, -0.05) is 41.6 Å². The van der Waals surface area contributed by atoms with Gasteiger partial charge in [0.05, 0.1) is 16.2 Å². The van der Waals surface area contributed by atoms with Gasteiger partial charge in [0.1, 0.15) is 0 Å². The van der Waals surface area contributed by atoms with Gasteiger partial charge in [0, 0.05) is 11.6 Å². The van der Waals surface area contributed by atoms with E-state index >= 15 is 0 Å². The second kappa shape index (κ2) is 7.83. The minimum Gasteiger partial charge on any atom is -0.419 e. The summed E-state index contributed by atoms with van der Waals surface area (Å²) in [4.78, 5) is 17.7. The van der Waals surface area contributed by atoms with Crippen LogP contribution in [0.5, 0.6) is 0 Å². The van der Waals surface area contributed by atoms with Gasteiger partial charge >= 0.3 is 0 Å². The van der Waals surface area contributed by atoms with Crippen LogP contribution in [-0.4, -0.2) is 19.7 Å². The van der Waals surface area contributed by atoms with Crippen molar-refractivity contribution in [3.8, 4) is 11.5 Å². The molecule has 0 aliphatic carbocycles. The van der Waals surface area contributed by atoms with Crippen LogP contribution in [-0.2, 0) is 0 Å². The molecule has 29 heavy (non-hydrogen) atoms. The Morgan fingerprint density at radius 2 is 1.72 bits per heavy atom. The molecule has 0 spiro atoms. The summed E-state index contributed by atoms with van der Waals surface area (Å²) >= 11 is 1.45. The van der Waals surface area contributed by atoms with E-state index in [1.165, 1.54) is 17.3 Å². The van der Waals surface area contributed by atoms with Crippen molar-refractivity contribution in [2.24, 2.45) is 0 Å². The van der Waals surface area contributed by atoms with Crippen molar-refractivity contribution >= 4 is 22.7 Å². The van der Waals surface area contributed by atoms with Gasteiger partial charge in [-0.3, -0.25) is 9.36 Å². The number of para-hydroxylation sites is 1. The lowest BCUT2D eigenvalue weighted by molar-refractivity contribution is 0.502. The Bertz CT molecular complexity index is 1210. The lowest BCUT2D eigenvalue weighted by Gasteiger charge is -2.17. The van der Waals surface area contributed by atoms with Gasteiger partial charge in [0.2, 0.25) is 11.8 Å². The molecule has 7 heteroatoms. The molecule has 0 unspecified atom stereocenters. The van der Waals surface area contributed by atoms with E-state index in [2.05, 4.69) is 10.2 Å². The van der Waals surface area contributed by atoms with Crippen LogP contribution in [0.25, 0.3) is 22.4 Å². The molecule has 148 valence electrons. The first kappa shape index (κ1) is 19.4. The van der Waals surface area contributed by atoms with Crippen molar-refractivity contribution in [1.29, 1.82) is 0 Å². The zero-order chi connectivity index (χ0) is 20.5. The Hall–Kier alpha value is -2.93. The minimum atomic E-state index is -0.153. The summed E-state index contributed by atoms with van der Waals surface area (Å²) in [5.74, 6) is 0.989. The topological polar surface area (TPSA) is 73.8 Å². The summed E-state index contributed by atoms with van der Waals surface area (Å²) < 4.78 is 7.63. The van der Waals surface area contributed by atoms with Crippen molar-refractivity contribution < 1.29 is 4.42 Å². The minimum absolute atomic E-state index is 0.0138. The van der Waals surface area contributed by atoms with Gasteiger partial charge in [0.15, 0.2) is 5.16 Å². The molecule has 2 aromatic heterocycles. The number of thioether (sulfide) groups is 1. The molecule has 2 aromatic carbocycles. The molecule has 6 nitrogen and oxygen atoms in total. The van der Waals surface area contributed by atoms with Crippen molar-refractivity contribution in [2.75, 3.05) is 0 Å². The maximum Gasteiger partial charge on any atom is 0.262 e. The highest BCUT2D eigenvalue weighted by Crippen LogP contribution is 2.35. The predicted molar refractivity (Wildman–Crippen MR) is 115 cm³/mol. The standard InChI is InChI=1S/C22H22N4O2S/c1-13(2)26-21(27)17-7-5-6-8-18(17)23-22(26)29-15(4)19-24-25-20(28-19)16-11-9-14(3)10-12-16/h5-13,15H,1-4H3/t15-/m1/s1. The fourth-order valence-corrected chi connectivity index (χ4v) is 4.15. The zero-order valence-corrected chi connectivity index (χ0v) is 17.6. The summed E-state index contributed by atoms with van der Waals surface area (Å²) in [7, 11) is 0. The first-order valence-electron chi connectivity index (χ1n) is 9.52. The van der Waals surface area contributed by atoms with E-state index in [1.54, 1.807) is 4.57 Å². The molecule has 0 fully saturated rings. The summed E-state index contributed by atoms with van der Waals surface area (Å²) in [6.45, 7) is 7.97. The molecule has 0 N–H and O–H groups in total. The fourth-order valence-electron chi connectivity index (χ4n) is 3.08. The second-order valence-corrected chi connectivity index (χ2v) is 8.56. The lowest BCUT2D eigenvalue weighted by atomic mass is 10.1. The Balaban J connectivity index is 1.67. The van der Waals surface area contributed by atoms with Gasteiger partial charge < -0.3 is 4.42 Å². The van der Waals surface area contributed by atoms with Crippen LogP contribution in [0.15, 0.2) is 62.9 Å². The SMILES string of the molecule is Cc1ccc(-c2nnc([C@@H](C)Sc3nc4ccccc4c(=O)n3C(C)C)o2)cc1. The molecule has 0 saturated heterocycles. The molecule has 0 saturated carbocycles. The number of hydrogen-bond acceptors (Lipinski definition) is 6. The second-order valence-electron chi connectivity index (χ2n) is 7.25. The Kier molecular flexibility index (Phi) is 5.24. The molecular formula is C22H22N4O2S. The Morgan fingerprint density at radius 3 is 2.45 bits per heavy atom. The summed E-state index contributed by atoms with van der Waals surface area (Å²) in [6.07, 6.45) is 0. The quantitative estimate of drug-likeness (QED) is 0.335. The highest BCUT2D eigenvalue weighted by Gasteiger charge is 2.21. The molecule has 1 atom stereocenters. The highest BCUT2D eigenvalue weighted by molar-refractivity contribution is 7.99. The lowest BCUT2D eigenvalue weighted by Crippen LogP contribution is -2.25. The van der Waals surface area contributed by atoms with E-state index < -0.39 is 0 Å². The number of nitrogens with zero attached hydrogens (tertiary/aromatic N) is 4. The molecule has 0 radical (unpaired) electrons. The largest absolute Gasteiger partial charge is 0.419 e. The van der Waals surface area contributed by atoms with Crippen molar-refractivity contribution in [3.05, 3.63) is 70.3 Å². The van der Waals surface area contributed by atoms with Crippen molar-refractivity contribution in [2.45, 2.75) is 44.1 Å². The first-order valence-corrected chi connectivity index (χ1v) is 10.4. The summed E-state index contributed by atoms with van der Waals surface area (Å²) in [5.41, 5.74) is 2.71. The first-order chi connectivity index (χ1) is 13.9. The van der Waals surface area contributed by atoms with Crippen LogP contribution in [0.3, 0.4) is 0 Å². The number of aromatic nitrogens is 4. The normalized spacial score (nSPS) is 12.6. The van der Waals surface area contributed by atoms with E-state index in [1.807, 2.05) is 76.2 Å². The predicted octanol–water partition coefficient (Wildman–Crippen LogP) is 5.19. The maximum atomic E-state index is 13.0. The van der Waals surface area contributed by atoms with Crippen LogP contribution in [0, 0.1) is 6.92 Å². The summed E-state index contributed by atoms with van der Waals surface area (Å²) in [6, 6.07) is 15.4. The molecular weight excluding hydrogens is 384 g/mol. The molecule has 0 aliphatic rings. The number of rotatable bonds is 5. The monoisotopic (exact) mass is 406 g/mol. The van der Waals surface area contributed by atoms with Crippen LogP contribution < -0.4 is 5.56 Å². The van der Waals surface area contributed by atoms with Crippen molar-refractivity contribution in [1.82, 2.24) is 19.7 Å². The van der Waals surface area contributed by atoms with Crippen molar-refractivity contribution in [3.63, 3.8) is 0 Å². The number of fused-ring (bicyclic) bond motifs is 1. The van der Waals surface area contributed by atoms with Crippen LogP contribution >= 0.6 is 11.8 Å². The average Bonchev–Trinajstić information content (AvgIpc) is 3.19. The van der Waals surface area contributed by atoms with E-state index in [0.29, 0.717) is 27.8 Å². The van der Waals surface area contributed by atoms with Crippen LogP contribution in [0.4, 0.5) is 0 Å². The number of aryl methyl sites for hydroxylation is 1. The van der Waals surface area contributed by atoms with E-state index in [9.17, 15) is 4.79 Å². The van der Waals surface area contributed by atoms with Gasteiger partial charge in [-0.25, -0.2) is 4.98 Å². The average molecular weight is 407 g/mol. The van der Waals surface area contributed by atoms with Crippen LogP contribution in [0.2, 0.25) is 0 Å². The molecule has 0 bridgehead atoms. The third-order valence-electron chi connectivity index (χ3n) is 4.66. The number of hydrogen-bond donors (Lipinski definition) is 0. The molecule has 0 amide bonds. The Morgan fingerprint density at radius 1 is 1.00 bits per heavy atom. The smallest absolute Gasteiger partial charge is 0.262 e. The molecule has 0 aliphatic heterocycles. The molecule has 2 heterocycles. The van der Waals surface area contributed by atoms with E-state index in [0.717, 1.165) is 5.56 Å². The van der Waals surface area contributed by atoms with Gasteiger partial charge in [0.25, 0.3) is 5.56 Å². The maximum absolute atomic E-state index is 13.0. The van der Waals surface area contributed by atoms with Gasteiger partial charge in [-0.2, -0.15) is 0 Å². The zero-order valence-electron chi connectivity index (χ0n) is 16.8. The van der Waals surface area contributed by atoms with E-state index in [4.69, 9.17) is 9.40 Å². The molecule has 4 rings (SSSR count). The van der Waals surface area contributed by atoms with E-state index in [-0.39, 0.29) is 16.9 Å². The van der Waals surface area contributed by atoms with Crippen LogP contribution in [0.1, 0.15) is 43.5 Å². The Labute approximate surface area is 173 Å². The molecule has 4 aromatic rings. The fraction of sp³-hybridized carbons (Fsp3) is 0.273. The third kappa shape index (κ3) is 3.82. The number of benzene rings is 2.